The average molecular weight is 290 g/mol. The molecular weight excluding hydrogens is 264 g/mol. The third-order valence-electron chi connectivity index (χ3n) is 4.62. The minimum absolute atomic E-state index is 0.141. The van der Waals surface area contributed by atoms with Crippen molar-refractivity contribution in [3.8, 4) is 0 Å². The molecule has 0 saturated carbocycles. The maximum absolute atomic E-state index is 6.21. The van der Waals surface area contributed by atoms with Gasteiger partial charge in [-0.15, -0.1) is 0 Å². The molecule has 2 aliphatic heterocycles. The molecule has 0 amide bonds. The molecule has 0 aromatic heterocycles. The van der Waals surface area contributed by atoms with Crippen molar-refractivity contribution in [2.45, 2.75) is 37.7 Å². The lowest BCUT2D eigenvalue weighted by atomic mass is 10.1. The molecule has 3 rings (SSSR count). The summed E-state index contributed by atoms with van der Waals surface area (Å²) in [6.07, 6.45) is 2.67. The second-order valence-corrected chi connectivity index (χ2v) is 6.30. The van der Waals surface area contributed by atoms with E-state index in [-0.39, 0.29) is 6.10 Å². The van der Waals surface area contributed by atoms with Gasteiger partial charge in [-0.05, 0) is 33.4 Å². The standard InChI is InChI=1S/C17H26N2O2/c1-17(14-7-4-3-5-8-14)20-13-16(21-17)12-19(2)15-9-6-10-18-11-15/h3-5,7-8,15-16,18H,6,9-13H2,1-2H3. The van der Waals surface area contributed by atoms with E-state index >= 15 is 0 Å². The summed E-state index contributed by atoms with van der Waals surface area (Å²) in [5.74, 6) is -0.600. The van der Waals surface area contributed by atoms with E-state index in [0.717, 1.165) is 25.2 Å². The predicted octanol–water partition coefficient (Wildman–Crippen LogP) is 1.96. The Bertz CT molecular complexity index is 447. The quantitative estimate of drug-likeness (QED) is 0.919. The Hall–Kier alpha value is -0.940. The highest BCUT2D eigenvalue weighted by Crippen LogP contribution is 2.33. The van der Waals surface area contributed by atoms with E-state index in [2.05, 4.69) is 29.4 Å². The number of hydrogen-bond acceptors (Lipinski definition) is 4. The van der Waals surface area contributed by atoms with Crippen molar-refractivity contribution >= 4 is 0 Å². The molecule has 0 bridgehead atoms. The summed E-state index contributed by atoms with van der Waals surface area (Å²) < 4.78 is 12.2. The second kappa shape index (κ2) is 6.44. The molecule has 116 valence electrons. The molecule has 2 heterocycles. The van der Waals surface area contributed by atoms with Gasteiger partial charge in [-0.3, -0.25) is 4.90 Å². The third-order valence-corrected chi connectivity index (χ3v) is 4.62. The van der Waals surface area contributed by atoms with Gasteiger partial charge in [-0.1, -0.05) is 30.3 Å². The number of rotatable bonds is 4. The van der Waals surface area contributed by atoms with Crippen molar-refractivity contribution in [3.63, 3.8) is 0 Å². The summed E-state index contributed by atoms with van der Waals surface area (Å²) in [7, 11) is 2.19. The molecule has 3 unspecified atom stereocenters. The second-order valence-electron chi connectivity index (χ2n) is 6.30. The van der Waals surface area contributed by atoms with Gasteiger partial charge >= 0.3 is 0 Å². The van der Waals surface area contributed by atoms with E-state index in [1.165, 1.54) is 12.8 Å². The molecule has 4 nitrogen and oxygen atoms in total. The summed E-state index contributed by atoms with van der Waals surface area (Å²) >= 11 is 0. The Morgan fingerprint density at radius 3 is 2.86 bits per heavy atom. The van der Waals surface area contributed by atoms with Gasteiger partial charge in [-0.2, -0.15) is 0 Å². The van der Waals surface area contributed by atoms with E-state index in [0.29, 0.717) is 12.6 Å². The molecule has 0 spiro atoms. The number of nitrogens with zero attached hydrogens (tertiary/aromatic N) is 1. The molecule has 1 N–H and O–H groups in total. The van der Waals surface area contributed by atoms with Crippen molar-refractivity contribution in [3.05, 3.63) is 35.9 Å². The lowest BCUT2D eigenvalue weighted by Crippen LogP contribution is -2.47. The van der Waals surface area contributed by atoms with Crippen molar-refractivity contribution in [1.82, 2.24) is 10.2 Å². The van der Waals surface area contributed by atoms with Gasteiger partial charge in [0.05, 0.1) is 12.7 Å². The molecule has 2 aliphatic rings. The molecule has 2 fully saturated rings. The zero-order chi connectivity index (χ0) is 14.7. The summed E-state index contributed by atoms with van der Waals surface area (Å²) in [5.41, 5.74) is 1.09. The van der Waals surface area contributed by atoms with Crippen molar-refractivity contribution in [2.75, 3.05) is 33.3 Å². The van der Waals surface area contributed by atoms with Crippen LogP contribution in [0.3, 0.4) is 0 Å². The normalized spacial score (nSPS) is 33.5. The lowest BCUT2D eigenvalue weighted by molar-refractivity contribution is -0.163. The van der Waals surface area contributed by atoms with E-state index in [4.69, 9.17) is 9.47 Å². The molecule has 1 aromatic rings. The molecular formula is C17H26N2O2. The van der Waals surface area contributed by atoms with Gasteiger partial charge in [0.1, 0.15) is 0 Å². The first-order chi connectivity index (χ1) is 10.2. The highest BCUT2D eigenvalue weighted by atomic mass is 16.7. The van der Waals surface area contributed by atoms with E-state index in [1.807, 2.05) is 25.1 Å². The van der Waals surface area contributed by atoms with Crippen LogP contribution in [0, 0.1) is 0 Å². The van der Waals surface area contributed by atoms with Crippen LogP contribution in [-0.2, 0) is 15.3 Å². The minimum atomic E-state index is -0.600. The van der Waals surface area contributed by atoms with Crippen LogP contribution in [0.2, 0.25) is 0 Å². The minimum Gasteiger partial charge on any atom is -0.343 e. The fraction of sp³-hybridized carbons (Fsp3) is 0.647. The van der Waals surface area contributed by atoms with Gasteiger partial charge in [0.25, 0.3) is 0 Å². The van der Waals surface area contributed by atoms with Crippen LogP contribution in [0.25, 0.3) is 0 Å². The van der Waals surface area contributed by atoms with Crippen molar-refractivity contribution < 1.29 is 9.47 Å². The van der Waals surface area contributed by atoms with E-state index in [1.54, 1.807) is 0 Å². The number of likely N-dealkylation sites (N-methyl/N-ethyl adjacent to an activating group) is 1. The highest BCUT2D eigenvalue weighted by Gasteiger charge is 2.39. The van der Waals surface area contributed by atoms with Gasteiger partial charge in [0.2, 0.25) is 0 Å². The molecule has 21 heavy (non-hydrogen) atoms. The summed E-state index contributed by atoms with van der Waals surface area (Å²) in [6.45, 7) is 5.84. The van der Waals surface area contributed by atoms with Crippen molar-refractivity contribution in [2.24, 2.45) is 0 Å². The first-order valence-corrected chi connectivity index (χ1v) is 7.96. The van der Waals surface area contributed by atoms with Gasteiger partial charge in [0, 0.05) is 24.7 Å². The largest absolute Gasteiger partial charge is 0.343 e. The zero-order valence-electron chi connectivity index (χ0n) is 13.0. The van der Waals surface area contributed by atoms with Gasteiger partial charge < -0.3 is 14.8 Å². The maximum atomic E-state index is 6.21. The fourth-order valence-electron chi connectivity index (χ4n) is 3.30. The predicted molar refractivity (Wildman–Crippen MR) is 83.1 cm³/mol. The molecule has 1 aromatic carbocycles. The fourth-order valence-corrected chi connectivity index (χ4v) is 3.30. The van der Waals surface area contributed by atoms with Crippen LogP contribution in [0.4, 0.5) is 0 Å². The van der Waals surface area contributed by atoms with Crippen LogP contribution in [0.15, 0.2) is 30.3 Å². The Balaban J connectivity index is 1.57. The first-order valence-electron chi connectivity index (χ1n) is 7.96. The monoisotopic (exact) mass is 290 g/mol. The van der Waals surface area contributed by atoms with Crippen LogP contribution in [0.5, 0.6) is 0 Å². The Morgan fingerprint density at radius 2 is 2.14 bits per heavy atom. The topological polar surface area (TPSA) is 33.7 Å². The van der Waals surface area contributed by atoms with Crippen LogP contribution < -0.4 is 5.32 Å². The smallest absolute Gasteiger partial charge is 0.192 e. The Kier molecular flexibility index (Phi) is 4.60. The third kappa shape index (κ3) is 3.46. The van der Waals surface area contributed by atoms with Crippen LogP contribution in [-0.4, -0.2) is 50.3 Å². The van der Waals surface area contributed by atoms with Crippen LogP contribution in [0.1, 0.15) is 25.3 Å². The molecule has 2 saturated heterocycles. The lowest BCUT2D eigenvalue weighted by Gasteiger charge is -2.33. The number of hydrogen-bond donors (Lipinski definition) is 1. The van der Waals surface area contributed by atoms with E-state index < -0.39 is 5.79 Å². The maximum Gasteiger partial charge on any atom is 0.192 e. The van der Waals surface area contributed by atoms with E-state index in [9.17, 15) is 0 Å². The van der Waals surface area contributed by atoms with Crippen molar-refractivity contribution in [1.29, 1.82) is 0 Å². The molecule has 0 radical (unpaired) electrons. The Labute approximate surface area is 127 Å². The first kappa shape index (κ1) is 15.0. The SMILES string of the molecule is CN(CC1COC(C)(c2ccccc2)O1)C1CCCNC1. The summed E-state index contributed by atoms with van der Waals surface area (Å²) in [6, 6.07) is 10.8. The highest BCUT2D eigenvalue weighted by molar-refractivity contribution is 5.20. The number of benzene rings is 1. The molecule has 3 atom stereocenters. The average Bonchev–Trinajstić information content (AvgIpc) is 2.91. The summed E-state index contributed by atoms with van der Waals surface area (Å²) in [5, 5.41) is 3.47. The summed E-state index contributed by atoms with van der Waals surface area (Å²) in [4.78, 5) is 2.41. The van der Waals surface area contributed by atoms with Gasteiger partial charge in [-0.25, -0.2) is 0 Å². The zero-order valence-corrected chi connectivity index (χ0v) is 13.0. The number of nitrogens with one attached hydrogen (secondary N) is 1. The molecule has 0 aliphatic carbocycles. The number of ether oxygens (including phenoxy) is 2. The number of piperidine rings is 1. The molecule has 4 heteroatoms. The Morgan fingerprint density at radius 1 is 1.33 bits per heavy atom. The van der Waals surface area contributed by atoms with Crippen LogP contribution >= 0.6 is 0 Å². The van der Waals surface area contributed by atoms with Gasteiger partial charge in [0.15, 0.2) is 5.79 Å².